The number of nitrogens with one attached hydrogen (secondary N) is 1. The van der Waals surface area contributed by atoms with Crippen molar-refractivity contribution in [3.05, 3.63) is 34.2 Å². The minimum Gasteiger partial charge on any atom is -0.481 e. The Kier molecular flexibility index (Phi) is 4.15. The number of nitrogens with zero attached hydrogens (tertiary/aromatic N) is 2. The molecule has 24 heavy (non-hydrogen) atoms. The van der Waals surface area contributed by atoms with E-state index in [1.54, 1.807) is 37.3 Å². The Bertz CT molecular complexity index is 853. The highest BCUT2D eigenvalue weighted by molar-refractivity contribution is 5.98. The van der Waals surface area contributed by atoms with Gasteiger partial charge in [0.15, 0.2) is 0 Å². The number of ether oxygens (including phenoxy) is 1. The molecule has 2 aromatic rings. The number of aromatic amines is 1. The molecule has 2 heterocycles. The molecule has 1 saturated heterocycles. The van der Waals surface area contributed by atoms with E-state index >= 15 is 0 Å². The number of carboxylic acids is 1. The van der Waals surface area contributed by atoms with Crippen LogP contribution in [0, 0.1) is 0 Å². The molecule has 1 aromatic heterocycles. The zero-order valence-corrected chi connectivity index (χ0v) is 13.5. The van der Waals surface area contributed by atoms with Gasteiger partial charge in [-0.1, -0.05) is 0 Å². The minimum atomic E-state index is -0.946. The van der Waals surface area contributed by atoms with Crippen LogP contribution in [0.3, 0.4) is 0 Å². The van der Waals surface area contributed by atoms with Crippen molar-refractivity contribution in [2.45, 2.75) is 25.0 Å². The SMILES string of the molecule is COC1CC(CC(=O)O)N(C(=O)c2ccc3[nH]c(=O)n(C)c3c2)C1. The Morgan fingerprint density at radius 3 is 2.83 bits per heavy atom. The minimum absolute atomic E-state index is 0.115. The van der Waals surface area contributed by atoms with Gasteiger partial charge in [0.2, 0.25) is 0 Å². The molecular weight excluding hydrogens is 314 g/mol. The summed E-state index contributed by atoms with van der Waals surface area (Å²) in [5.41, 5.74) is 1.45. The van der Waals surface area contributed by atoms with Crippen molar-refractivity contribution >= 4 is 22.9 Å². The second-order valence-corrected chi connectivity index (χ2v) is 6.02. The van der Waals surface area contributed by atoms with Crippen molar-refractivity contribution in [3.63, 3.8) is 0 Å². The normalized spacial score (nSPS) is 20.7. The van der Waals surface area contributed by atoms with E-state index in [1.165, 1.54) is 4.57 Å². The Hall–Kier alpha value is -2.61. The predicted octanol–water partition coefficient (Wildman–Crippen LogP) is 0.571. The zero-order chi connectivity index (χ0) is 17.4. The van der Waals surface area contributed by atoms with Crippen molar-refractivity contribution in [2.24, 2.45) is 7.05 Å². The van der Waals surface area contributed by atoms with Gasteiger partial charge in [-0.2, -0.15) is 0 Å². The molecule has 0 spiro atoms. The Balaban J connectivity index is 1.93. The van der Waals surface area contributed by atoms with Crippen LogP contribution >= 0.6 is 0 Å². The summed E-state index contributed by atoms with van der Waals surface area (Å²) in [6, 6.07) is 4.57. The van der Waals surface area contributed by atoms with Gasteiger partial charge in [-0.15, -0.1) is 0 Å². The Morgan fingerprint density at radius 2 is 2.17 bits per heavy atom. The van der Waals surface area contributed by atoms with Gasteiger partial charge in [-0.3, -0.25) is 14.2 Å². The predicted molar refractivity (Wildman–Crippen MR) is 86.0 cm³/mol. The Morgan fingerprint density at radius 1 is 1.42 bits per heavy atom. The number of imidazole rings is 1. The second kappa shape index (κ2) is 6.12. The fourth-order valence-corrected chi connectivity index (χ4v) is 3.21. The van der Waals surface area contributed by atoms with Crippen LogP contribution in [-0.2, 0) is 16.6 Å². The number of benzene rings is 1. The average molecular weight is 333 g/mol. The van der Waals surface area contributed by atoms with E-state index in [4.69, 9.17) is 9.84 Å². The molecule has 2 N–H and O–H groups in total. The third-order valence-corrected chi connectivity index (χ3v) is 4.53. The second-order valence-electron chi connectivity index (χ2n) is 6.02. The van der Waals surface area contributed by atoms with E-state index in [9.17, 15) is 14.4 Å². The lowest BCUT2D eigenvalue weighted by Gasteiger charge is -2.23. The fourth-order valence-electron chi connectivity index (χ4n) is 3.21. The highest BCUT2D eigenvalue weighted by Gasteiger charge is 2.37. The fraction of sp³-hybridized carbons (Fsp3) is 0.438. The first-order valence-electron chi connectivity index (χ1n) is 7.65. The number of likely N-dealkylation sites (tertiary alicyclic amines) is 1. The highest BCUT2D eigenvalue weighted by atomic mass is 16.5. The number of H-pyrrole nitrogens is 1. The molecule has 2 atom stereocenters. The summed E-state index contributed by atoms with van der Waals surface area (Å²) in [6.45, 7) is 0.359. The monoisotopic (exact) mass is 333 g/mol. The molecule has 3 rings (SSSR count). The van der Waals surface area contributed by atoms with Gasteiger partial charge in [0.1, 0.15) is 0 Å². The lowest BCUT2D eigenvalue weighted by molar-refractivity contribution is -0.137. The van der Waals surface area contributed by atoms with Crippen LogP contribution in [0.4, 0.5) is 0 Å². The molecule has 1 aliphatic rings. The molecule has 8 nitrogen and oxygen atoms in total. The van der Waals surface area contributed by atoms with Gasteiger partial charge in [-0.05, 0) is 24.6 Å². The number of carboxylic acid groups (broad SMARTS) is 1. The number of carbonyl (C=O) groups is 2. The van der Waals surface area contributed by atoms with Crippen LogP contribution in [-0.4, -0.2) is 57.2 Å². The molecule has 1 aromatic carbocycles. The number of rotatable bonds is 4. The average Bonchev–Trinajstić information content (AvgIpc) is 3.07. The molecule has 0 aliphatic carbocycles. The van der Waals surface area contributed by atoms with Crippen LogP contribution in [0.5, 0.6) is 0 Å². The summed E-state index contributed by atoms with van der Waals surface area (Å²) in [5, 5.41) is 9.06. The number of methoxy groups -OCH3 is 1. The third kappa shape index (κ3) is 2.80. The zero-order valence-electron chi connectivity index (χ0n) is 13.5. The molecule has 1 amide bonds. The molecule has 1 aliphatic heterocycles. The van der Waals surface area contributed by atoms with Crippen LogP contribution in [0.15, 0.2) is 23.0 Å². The summed E-state index contributed by atoms with van der Waals surface area (Å²) in [6.07, 6.45) is 0.217. The molecule has 0 radical (unpaired) electrons. The van der Waals surface area contributed by atoms with Gasteiger partial charge in [0.05, 0.1) is 23.6 Å². The van der Waals surface area contributed by atoms with Crippen LogP contribution in [0.1, 0.15) is 23.2 Å². The number of hydrogen-bond acceptors (Lipinski definition) is 4. The summed E-state index contributed by atoms with van der Waals surface area (Å²) < 4.78 is 6.73. The molecular formula is C16H19N3O5. The quantitative estimate of drug-likeness (QED) is 0.851. The smallest absolute Gasteiger partial charge is 0.326 e. The molecule has 0 bridgehead atoms. The highest BCUT2D eigenvalue weighted by Crippen LogP contribution is 2.25. The standard InChI is InChI=1S/C16H19N3O5/c1-18-13-5-9(3-4-12(13)17-16(18)23)15(22)19-8-11(24-2)6-10(19)7-14(20)21/h3-5,10-11H,6-8H2,1-2H3,(H,17,23)(H,20,21). The van der Waals surface area contributed by atoms with Crippen molar-refractivity contribution < 1.29 is 19.4 Å². The summed E-state index contributed by atoms with van der Waals surface area (Å²) in [5.74, 6) is -1.20. The molecule has 1 fully saturated rings. The van der Waals surface area contributed by atoms with Gasteiger partial charge in [0, 0.05) is 32.3 Å². The van der Waals surface area contributed by atoms with E-state index in [0.29, 0.717) is 29.6 Å². The molecule has 0 saturated carbocycles. The summed E-state index contributed by atoms with van der Waals surface area (Å²) in [7, 11) is 3.18. The molecule has 8 heteroatoms. The van der Waals surface area contributed by atoms with Crippen LogP contribution < -0.4 is 5.69 Å². The van der Waals surface area contributed by atoms with E-state index in [1.807, 2.05) is 0 Å². The van der Waals surface area contributed by atoms with Crippen LogP contribution in [0.2, 0.25) is 0 Å². The van der Waals surface area contributed by atoms with E-state index in [-0.39, 0.29) is 24.1 Å². The summed E-state index contributed by atoms with van der Waals surface area (Å²) >= 11 is 0. The maximum atomic E-state index is 12.8. The first-order chi connectivity index (χ1) is 11.4. The Labute approximate surface area is 137 Å². The number of fused-ring (bicyclic) bond motifs is 1. The van der Waals surface area contributed by atoms with E-state index < -0.39 is 12.0 Å². The summed E-state index contributed by atoms with van der Waals surface area (Å²) in [4.78, 5) is 39.8. The number of carbonyl (C=O) groups excluding carboxylic acids is 1. The van der Waals surface area contributed by atoms with Gasteiger partial charge >= 0.3 is 11.7 Å². The van der Waals surface area contributed by atoms with Gasteiger partial charge < -0.3 is 19.7 Å². The van der Waals surface area contributed by atoms with Crippen molar-refractivity contribution in [1.29, 1.82) is 0 Å². The first kappa shape index (κ1) is 16.3. The third-order valence-electron chi connectivity index (χ3n) is 4.53. The van der Waals surface area contributed by atoms with Crippen molar-refractivity contribution in [2.75, 3.05) is 13.7 Å². The number of aliphatic carboxylic acids is 1. The topological polar surface area (TPSA) is 105 Å². The molecule has 128 valence electrons. The number of aromatic nitrogens is 2. The number of aryl methyl sites for hydroxylation is 1. The lowest BCUT2D eigenvalue weighted by Crippen LogP contribution is -2.37. The van der Waals surface area contributed by atoms with Gasteiger partial charge in [0.25, 0.3) is 5.91 Å². The van der Waals surface area contributed by atoms with Crippen molar-refractivity contribution in [3.8, 4) is 0 Å². The first-order valence-corrected chi connectivity index (χ1v) is 7.65. The van der Waals surface area contributed by atoms with Gasteiger partial charge in [-0.25, -0.2) is 4.79 Å². The van der Waals surface area contributed by atoms with Crippen molar-refractivity contribution in [1.82, 2.24) is 14.5 Å². The largest absolute Gasteiger partial charge is 0.481 e. The van der Waals surface area contributed by atoms with E-state index in [2.05, 4.69) is 4.98 Å². The maximum absolute atomic E-state index is 12.8. The number of hydrogen-bond donors (Lipinski definition) is 2. The number of amides is 1. The van der Waals surface area contributed by atoms with Crippen LogP contribution in [0.25, 0.3) is 11.0 Å². The maximum Gasteiger partial charge on any atom is 0.326 e. The molecule has 2 unspecified atom stereocenters. The lowest BCUT2D eigenvalue weighted by atomic mass is 10.1. The van der Waals surface area contributed by atoms with E-state index in [0.717, 1.165) is 0 Å².